The Bertz CT molecular complexity index is 425. The van der Waals surface area contributed by atoms with Gasteiger partial charge in [0, 0.05) is 10.6 Å². The lowest BCUT2D eigenvalue weighted by atomic mass is 10.2. The predicted octanol–water partition coefficient (Wildman–Crippen LogP) is 1.27. The van der Waals surface area contributed by atoms with E-state index in [1.165, 1.54) is 0 Å². The molecule has 1 rings (SSSR count). The van der Waals surface area contributed by atoms with Crippen molar-refractivity contribution in [3.05, 3.63) is 34.7 Å². The number of nitrogens with one attached hydrogen (secondary N) is 1. The maximum Gasteiger partial charge on any atom is 0.240 e. The summed E-state index contributed by atoms with van der Waals surface area (Å²) < 4.78 is 5.00. The van der Waals surface area contributed by atoms with Gasteiger partial charge in [-0.2, -0.15) is 0 Å². The second-order valence-corrected chi connectivity index (χ2v) is 3.24. The zero-order chi connectivity index (χ0) is 12.7. The van der Waals surface area contributed by atoms with E-state index in [0.29, 0.717) is 11.4 Å². The summed E-state index contributed by atoms with van der Waals surface area (Å²) in [5.74, 6) is 0.134. The summed E-state index contributed by atoms with van der Waals surface area (Å²) in [6.45, 7) is -0.0299. The van der Waals surface area contributed by atoms with Gasteiger partial charge < -0.3 is 15.8 Å². The third-order valence-electron chi connectivity index (χ3n) is 2.10. The van der Waals surface area contributed by atoms with Crippen molar-refractivity contribution in [3.63, 3.8) is 0 Å². The minimum Gasteiger partial charge on any atom is -0.497 e. The molecular formula is C10H13N5O2. The van der Waals surface area contributed by atoms with E-state index < -0.39 is 11.9 Å². The van der Waals surface area contributed by atoms with Crippen LogP contribution < -0.4 is 15.8 Å². The van der Waals surface area contributed by atoms with Crippen LogP contribution in [0.2, 0.25) is 0 Å². The maximum absolute atomic E-state index is 11.1. The number of hydrogen-bond acceptors (Lipinski definition) is 4. The van der Waals surface area contributed by atoms with E-state index in [-0.39, 0.29) is 6.54 Å². The number of carbonyl (C=O) groups is 1. The average molecular weight is 235 g/mol. The topological polar surface area (TPSA) is 113 Å². The molecule has 0 saturated heterocycles. The Labute approximate surface area is 98.2 Å². The lowest BCUT2D eigenvalue weighted by Crippen LogP contribution is -2.37. The summed E-state index contributed by atoms with van der Waals surface area (Å²) in [5, 5.41) is 6.19. The van der Waals surface area contributed by atoms with Crippen LogP contribution in [0.3, 0.4) is 0 Å². The molecule has 0 aliphatic heterocycles. The molecule has 0 radical (unpaired) electrons. The van der Waals surface area contributed by atoms with Gasteiger partial charge in [0.15, 0.2) is 0 Å². The van der Waals surface area contributed by atoms with Crippen molar-refractivity contribution in [1.82, 2.24) is 0 Å². The van der Waals surface area contributed by atoms with Crippen LogP contribution in [0.5, 0.6) is 5.75 Å². The molecule has 0 heterocycles. The van der Waals surface area contributed by atoms with Crippen LogP contribution in [0.4, 0.5) is 5.69 Å². The quantitative estimate of drug-likeness (QED) is 0.439. The largest absolute Gasteiger partial charge is 0.497 e. The maximum atomic E-state index is 11.1. The van der Waals surface area contributed by atoms with Gasteiger partial charge in [0.25, 0.3) is 0 Å². The van der Waals surface area contributed by atoms with Crippen LogP contribution in [0.1, 0.15) is 0 Å². The molecule has 0 spiro atoms. The molecule has 7 nitrogen and oxygen atoms in total. The van der Waals surface area contributed by atoms with Crippen molar-refractivity contribution in [3.8, 4) is 5.75 Å². The summed E-state index contributed by atoms with van der Waals surface area (Å²) in [6, 6.07) is 6.25. The number of nitrogens with zero attached hydrogens (tertiary/aromatic N) is 3. The van der Waals surface area contributed by atoms with Gasteiger partial charge in [-0.25, -0.2) is 0 Å². The van der Waals surface area contributed by atoms with Gasteiger partial charge in [-0.05, 0) is 29.8 Å². The zero-order valence-electron chi connectivity index (χ0n) is 9.33. The van der Waals surface area contributed by atoms with E-state index in [1.54, 1.807) is 31.4 Å². The molecule has 0 aliphatic rings. The summed E-state index contributed by atoms with van der Waals surface area (Å²) in [7, 11) is 1.57. The van der Waals surface area contributed by atoms with Crippen molar-refractivity contribution in [2.24, 2.45) is 10.8 Å². The Morgan fingerprint density at radius 1 is 1.59 bits per heavy atom. The van der Waals surface area contributed by atoms with E-state index in [9.17, 15) is 4.79 Å². The normalized spacial score (nSPS) is 11.1. The Morgan fingerprint density at radius 3 is 2.71 bits per heavy atom. The average Bonchev–Trinajstić information content (AvgIpc) is 2.35. The number of azide groups is 1. The molecule has 1 amide bonds. The number of hydrogen-bond donors (Lipinski definition) is 2. The number of nitrogens with two attached hydrogens (primary N) is 1. The van der Waals surface area contributed by atoms with Crippen LogP contribution in [-0.4, -0.2) is 25.6 Å². The number of carbonyl (C=O) groups excluding carboxylic acids is 1. The van der Waals surface area contributed by atoms with Gasteiger partial charge in [-0.15, -0.1) is 0 Å². The first-order chi connectivity index (χ1) is 8.17. The van der Waals surface area contributed by atoms with Crippen molar-refractivity contribution in [2.45, 2.75) is 6.04 Å². The lowest BCUT2D eigenvalue weighted by Gasteiger charge is -2.14. The highest BCUT2D eigenvalue weighted by Crippen LogP contribution is 2.15. The van der Waals surface area contributed by atoms with Gasteiger partial charge in [0.05, 0.1) is 13.7 Å². The van der Waals surface area contributed by atoms with Gasteiger partial charge >= 0.3 is 0 Å². The van der Waals surface area contributed by atoms with E-state index >= 15 is 0 Å². The molecule has 1 aromatic carbocycles. The highest BCUT2D eigenvalue weighted by atomic mass is 16.5. The monoisotopic (exact) mass is 235 g/mol. The molecule has 0 bridgehead atoms. The number of benzene rings is 1. The second-order valence-electron chi connectivity index (χ2n) is 3.24. The fourth-order valence-electron chi connectivity index (χ4n) is 1.21. The molecule has 0 aromatic heterocycles. The molecule has 1 atom stereocenters. The molecule has 0 saturated carbocycles. The molecule has 1 unspecified atom stereocenters. The van der Waals surface area contributed by atoms with Gasteiger partial charge in [-0.3, -0.25) is 4.79 Å². The summed E-state index contributed by atoms with van der Waals surface area (Å²) >= 11 is 0. The molecule has 3 N–H and O–H groups in total. The predicted molar refractivity (Wildman–Crippen MR) is 63.6 cm³/mol. The molecule has 7 heteroatoms. The van der Waals surface area contributed by atoms with Gasteiger partial charge in [0.2, 0.25) is 5.91 Å². The summed E-state index contributed by atoms with van der Waals surface area (Å²) in [4.78, 5) is 13.7. The Kier molecular flexibility index (Phi) is 4.65. The number of anilines is 1. The standard InChI is InChI=1S/C10H13N5O2/c1-17-8-4-2-7(3-5-8)14-9(10(11)16)6-13-15-12/h2-5,9,14H,6H2,1H3,(H2,11,16). The van der Waals surface area contributed by atoms with E-state index in [1.807, 2.05) is 0 Å². The van der Waals surface area contributed by atoms with Crippen molar-refractivity contribution in [2.75, 3.05) is 19.0 Å². The first-order valence-electron chi connectivity index (χ1n) is 4.88. The fourth-order valence-corrected chi connectivity index (χ4v) is 1.21. The Hall–Kier alpha value is -2.40. The highest BCUT2D eigenvalue weighted by molar-refractivity contribution is 5.83. The molecule has 0 aliphatic carbocycles. The number of primary amides is 1. The van der Waals surface area contributed by atoms with Crippen LogP contribution in [0, 0.1) is 0 Å². The van der Waals surface area contributed by atoms with Crippen LogP contribution in [-0.2, 0) is 4.79 Å². The second kappa shape index (κ2) is 6.24. The van der Waals surface area contributed by atoms with Crippen molar-refractivity contribution in [1.29, 1.82) is 0 Å². The summed E-state index contributed by atoms with van der Waals surface area (Å²) in [5.41, 5.74) is 14.1. The molecule has 90 valence electrons. The number of methoxy groups -OCH3 is 1. The number of amides is 1. The first-order valence-corrected chi connectivity index (χ1v) is 4.88. The third kappa shape index (κ3) is 3.92. The third-order valence-corrected chi connectivity index (χ3v) is 2.10. The first kappa shape index (κ1) is 12.7. The molecule has 17 heavy (non-hydrogen) atoms. The Morgan fingerprint density at radius 2 is 2.24 bits per heavy atom. The smallest absolute Gasteiger partial charge is 0.240 e. The van der Waals surface area contributed by atoms with Gasteiger partial charge in [0.1, 0.15) is 11.8 Å². The van der Waals surface area contributed by atoms with E-state index in [2.05, 4.69) is 15.3 Å². The minimum atomic E-state index is -0.723. The van der Waals surface area contributed by atoms with Crippen LogP contribution in [0.15, 0.2) is 29.4 Å². The van der Waals surface area contributed by atoms with Crippen molar-refractivity contribution >= 4 is 11.6 Å². The van der Waals surface area contributed by atoms with E-state index in [4.69, 9.17) is 16.0 Å². The van der Waals surface area contributed by atoms with Crippen LogP contribution >= 0.6 is 0 Å². The minimum absolute atomic E-state index is 0.0299. The molecule has 1 aromatic rings. The number of rotatable bonds is 6. The molecular weight excluding hydrogens is 222 g/mol. The SMILES string of the molecule is COc1ccc(NC(CN=[N+]=[N-])C(N)=O)cc1. The van der Waals surface area contributed by atoms with Gasteiger partial charge in [-0.1, -0.05) is 5.11 Å². The molecule has 0 fully saturated rings. The van der Waals surface area contributed by atoms with E-state index in [0.717, 1.165) is 0 Å². The summed E-state index contributed by atoms with van der Waals surface area (Å²) in [6.07, 6.45) is 0. The zero-order valence-corrected chi connectivity index (χ0v) is 9.33. The highest BCUT2D eigenvalue weighted by Gasteiger charge is 2.13. The van der Waals surface area contributed by atoms with Crippen LogP contribution in [0.25, 0.3) is 10.4 Å². The lowest BCUT2D eigenvalue weighted by molar-refractivity contribution is -0.118. The number of ether oxygens (including phenoxy) is 1. The fraction of sp³-hybridized carbons (Fsp3) is 0.300. The van der Waals surface area contributed by atoms with Crippen molar-refractivity contribution < 1.29 is 9.53 Å². The Balaban J connectivity index is 2.71.